The standard InChI is InChI=1S/C26H26BrN3O3S2/c27-20-11-13-21(14-12-20)35(31,32)26-25(33-24(29-26)19-8-3-1-4-9-19)28-18-22(23-10-7-17-34-23)30-15-5-2-6-16-30/h1,3-4,7-14,17,22,28H,2,5-6,15-16,18H2. The van der Waals surface area contributed by atoms with Gasteiger partial charge >= 0.3 is 0 Å². The summed E-state index contributed by atoms with van der Waals surface area (Å²) in [6, 6.07) is 20.2. The van der Waals surface area contributed by atoms with Crippen LogP contribution in [-0.2, 0) is 9.84 Å². The van der Waals surface area contributed by atoms with Gasteiger partial charge < -0.3 is 9.73 Å². The molecule has 0 radical (unpaired) electrons. The molecular formula is C26H26BrN3O3S2. The molecule has 0 aliphatic carbocycles. The van der Waals surface area contributed by atoms with Crippen molar-refractivity contribution in [3.05, 3.63) is 81.5 Å². The summed E-state index contributed by atoms with van der Waals surface area (Å²) in [6.45, 7) is 2.58. The van der Waals surface area contributed by atoms with E-state index < -0.39 is 9.84 Å². The van der Waals surface area contributed by atoms with Gasteiger partial charge in [-0.05, 0) is 73.8 Å². The topological polar surface area (TPSA) is 75.4 Å². The van der Waals surface area contributed by atoms with Gasteiger partial charge in [0.25, 0.3) is 0 Å². The minimum absolute atomic E-state index is 0.0951. The SMILES string of the molecule is O=S(=O)(c1ccc(Br)cc1)c1nc(-c2ccccc2)oc1NCC(c1cccs1)N1CCCCC1. The summed E-state index contributed by atoms with van der Waals surface area (Å²) < 4.78 is 34.1. The van der Waals surface area contributed by atoms with Gasteiger partial charge in [0.15, 0.2) is 0 Å². The molecule has 4 aromatic rings. The first-order valence-electron chi connectivity index (χ1n) is 11.6. The Morgan fingerprint density at radius 2 is 1.74 bits per heavy atom. The van der Waals surface area contributed by atoms with Gasteiger partial charge in [0, 0.05) is 21.5 Å². The summed E-state index contributed by atoms with van der Waals surface area (Å²) in [6.07, 6.45) is 3.59. The zero-order valence-electron chi connectivity index (χ0n) is 19.1. The molecule has 1 aliphatic heterocycles. The number of benzene rings is 2. The molecule has 3 heterocycles. The number of halogens is 1. The monoisotopic (exact) mass is 571 g/mol. The molecule has 1 aliphatic rings. The van der Waals surface area contributed by atoms with Crippen molar-refractivity contribution in [2.75, 3.05) is 25.0 Å². The Labute approximate surface area is 218 Å². The fourth-order valence-electron chi connectivity index (χ4n) is 4.34. The third-order valence-corrected chi connectivity index (χ3v) is 9.34. The third-order valence-electron chi connectivity index (χ3n) is 6.15. The first kappa shape index (κ1) is 24.2. The van der Waals surface area contributed by atoms with Crippen LogP contribution in [-0.4, -0.2) is 37.9 Å². The van der Waals surface area contributed by atoms with Crippen LogP contribution in [0.4, 0.5) is 5.88 Å². The maximum absolute atomic E-state index is 13.6. The number of oxazole rings is 1. The van der Waals surface area contributed by atoms with Crippen LogP contribution < -0.4 is 5.32 Å². The Morgan fingerprint density at radius 3 is 2.43 bits per heavy atom. The number of hydrogen-bond acceptors (Lipinski definition) is 7. The van der Waals surface area contributed by atoms with Crippen molar-refractivity contribution < 1.29 is 12.8 Å². The number of rotatable bonds is 8. The van der Waals surface area contributed by atoms with Crippen LogP contribution in [0.3, 0.4) is 0 Å². The van der Waals surface area contributed by atoms with E-state index in [1.165, 1.54) is 24.1 Å². The maximum atomic E-state index is 13.6. The third kappa shape index (κ3) is 5.38. The van der Waals surface area contributed by atoms with Crippen molar-refractivity contribution in [2.24, 2.45) is 0 Å². The number of nitrogens with zero attached hydrogens (tertiary/aromatic N) is 2. The number of nitrogens with one attached hydrogen (secondary N) is 1. The second-order valence-corrected chi connectivity index (χ2v) is 12.2. The minimum Gasteiger partial charge on any atom is -0.419 e. The predicted octanol–water partition coefficient (Wildman–Crippen LogP) is 6.64. The number of thiophene rings is 1. The molecule has 2 aromatic heterocycles. The molecule has 1 fully saturated rings. The molecule has 1 N–H and O–H groups in total. The summed E-state index contributed by atoms with van der Waals surface area (Å²) >= 11 is 5.09. The molecule has 2 aromatic carbocycles. The summed E-state index contributed by atoms with van der Waals surface area (Å²) in [5.74, 6) is 0.444. The second kappa shape index (κ2) is 10.7. The molecule has 1 atom stereocenters. The molecule has 1 unspecified atom stereocenters. The summed E-state index contributed by atoms with van der Waals surface area (Å²) in [7, 11) is -3.90. The molecule has 182 valence electrons. The van der Waals surface area contributed by atoms with E-state index in [0.717, 1.165) is 23.1 Å². The van der Waals surface area contributed by atoms with Crippen molar-refractivity contribution >= 4 is 43.0 Å². The molecule has 9 heteroatoms. The lowest BCUT2D eigenvalue weighted by molar-refractivity contribution is 0.172. The highest BCUT2D eigenvalue weighted by molar-refractivity contribution is 9.10. The molecule has 1 saturated heterocycles. The van der Waals surface area contributed by atoms with Gasteiger partial charge in [-0.2, -0.15) is 4.98 Å². The number of likely N-dealkylation sites (tertiary alicyclic amines) is 1. The van der Waals surface area contributed by atoms with E-state index in [2.05, 4.69) is 48.6 Å². The summed E-state index contributed by atoms with van der Waals surface area (Å²) in [5.41, 5.74) is 0.721. The zero-order valence-corrected chi connectivity index (χ0v) is 22.3. The van der Waals surface area contributed by atoms with E-state index in [1.807, 2.05) is 30.3 Å². The smallest absolute Gasteiger partial charge is 0.233 e. The van der Waals surface area contributed by atoms with Gasteiger partial charge in [-0.1, -0.05) is 46.6 Å². The highest BCUT2D eigenvalue weighted by Gasteiger charge is 2.30. The lowest BCUT2D eigenvalue weighted by Gasteiger charge is -2.34. The molecule has 0 amide bonds. The highest BCUT2D eigenvalue weighted by Crippen LogP contribution is 2.34. The van der Waals surface area contributed by atoms with Crippen LogP contribution >= 0.6 is 27.3 Å². The van der Waals surface area contributed by atoms with Gasteiger partial charge in [0.05, 0.1) is 10.9 Å². The van der Waals surface area contributed by atoms with Crippen molar-refractivity contribution in [1.29, 1.82) is 0 Å². The number of hydrogen-bond donors (Lipinski definition) is 1. The van der Waals surface area contributed by atoms with E-state index in [-0.39, 0.29) is 27.7 Å². The molecule has 35 heavy (non-hydrogen) atoms. The fourth-order valence-corrected chi connectivity index (χ4v) is 6.74. The molecule has 0 bridgehead atoms. The van der Waals surface area contributed by atoms with E-state index in [0.29, 0.717) is 6.54 Å². The Morgan fingerprint density at radius 1 is 1.00 bits per heavy atom. The molecule has 5 rings (SSSR count). The second-order valence-electron chi connectivity index (χ2n) is 8.49. The lowest BCUT2D eigenvalue weighted by Crippen LogP contribution is -2.36. The molecule has 0 saturated carbocycles. The van der Waals surface area contributed by atoms with Crippen molar-refractivity contribution in [1.82, 2.24) is 9.88 Å². The Hall–Kier alpha value is -2.46. The van der Waals surface area contributed by atoms with Crippen molar-refractivity contribution in [3.8, 4) is 11.5 Å². The van der Waals surface area contributed by atoms with Crippen LogP contribution in [0.15, 0.2) is 90.9 Å². The number of piperidine rings is 1. The van der Waals surface area contributed by atoms with Gasteiger partial charge in [0.2, 0.25) is 26.6 Å². The van der Waals surface area contributed by atoms with Gasteiger partial charge in [0.1, 0.15) is 0 Å². The van der Waals surface area contributed by atoms with Crippen molar-refractivity contribution in [3.63, 3.8) is 0 Å². The summed E-state index contributed by atoms with van der Waals surface area (Å²) in [4.78, 5) is 8.35. The Balaban J connectivity index is 1.50. The number of aromatic nitrogens is 1. The number of sulfone groups is 1. The van der Waals surface area contributed by atoms with Crippen molar-refractivity contribution in [2.45, 2.75) is 35.2 Å². The Bertz CT molecular complexity index is 1350. The fraction of sp³-hybridized carbons (Fsp3) is 0.269. The van der Waals surface area contributed by atoms with E-state index in [9.17, 15) is 8.42 Å². The molecular weight excluding hydrogens is 546 g/mol. The van der Waals surface area contributed by atoms with E-state index >= 15 is 0 Å². The Kier molecular flexibility index (Phi) is 7.38. The zero-order chi connectivity index (χ0) is 24.3. The van der Waals surface area contributed by atoms with Crippen LogP contribution in [0.25, 0.3) is 11.5 Å². The largest absolute Gasteiger partial charge is 0.419 e. The van der Waals surface area contributed by atoms with E-state index in [1.54, 1.807) is 35.6 Å². The van der Waals surface area contributed by atoms with Crippen LogP contribution in [0.1, 0.15) is 30.2 Å². The van der Waals surface area contributed by atoms with Crippen LogP contribution in [0.2, 0.25) is 0 Å². The van der Waals surface area contributed by atoms with Gasteiger partial charge in [-0.15, -0.1) is 11.3 Å². The number of anilines is 1. The first-order chi connectivity index (χ1) is 17.0. The van der Waals surface area contributed by atoms with Gasteiger partial charge in [-0.25, -0.2) is 8.42 Å². The average Bonchev–Trinajstić information content (AvgIpc) is 3.57. The summed E-state index contributed by atoms with van der Waals surface area (Å²) in [5, 5.41) is 5.31. The first-order valence-corrected chi connectivity index (χ1v) is 14.8. The average molecular weight is 573 g/mol. The van der Waals surface area contributed by atoms with Crippen LogP contribution in [0.5, 0.6) is 0 Å². The molecule has 0 spiro atoms. The molecule has 6 nitrogen and oxygen atoms in total. The minimum atomic E-state index is -3.90. The van der Waals surface area contributed by atoms with Gasteiger partial charge in [-0.3, -0.25) is 4.90 Å². The predicted molar refractivity (Wildman–Crippen MR) is 143 cm³/mol. The highest BCUT2D eigenvalue weighted by atomic mass is 79.9. The van der Waals surface area contributed by atoms with Crippen LogP contribution in [0, 0.1) is 0 Å². The quantitative estimate of drug-likeness (QED) is 0.255. The lowest BCUT2D eigenvalue weighted by atomic mass is 10.1. The maximum Gasteiger partial charge on any atom is 0.233 e. The normalized spacial score (nSPS) is 15.7. The van der Waals surface area contributed by atoms with E-state index in [4.69, 9.17) is 4.42 Å².